The van der Waals surface area contributed by atoms with E-state index in [-0.39, 0.29) is 11.3 Å². The second kappa shape index (κ2) is 7.10. The summed E-state index contributed by atoms with van der Waals surface area (Å²) in [4.78, 5) is 12.0. The van der Waals surface area contributed by atoms with E-state index in [1.807, 2.05) is 0 Å². The summed E-state index contributed by atoms with van der Waals surface area (Å²) in [7, 11) is -3.23. The standard InChI is InChI=1S/C15H19FN2O4S/c1-3-18(23(2,20)21)9-5-8-17-15(19)13-10-11-6-4-7-12(16)14(11)22-13/h4,6-7,10H,3,5,8-9H2,1-2H3,(H,17,19). The molecular formula is C15H19FN2O4S. The molecule has 8 heteroatoms. The Balaban J connectivity index is 1.90. The summed E-state index contributed by atoms with van der Waals surface area (Å²) >= 11 is 0. The average Bonchev–Trinajstić information content (AvgIpc) is 2.91. The summed E-state index contributed by atoms with van der Waals surface area (Å²) < 4.78 is 42.9. The molecule has 0 spiro atoms. The lowest BCUT2D eigenvalue weighted by molar-refractivity contribution is 0.0927. The molecule has 0 aliphatic rings. The topological polar surface area (TPSA) is 79.6 Å². The molecule has 0 unspecified atom stereocenters. The van der Waals surface area contributed by atoms with Crippen LogP contribution in [0, 0.1) is 5.82 Å². The predicted octanol–water partition coefficient (Wildman–Crippen LogP) is 1.97. The number of halogens is 1. The molecule has 0 fully saturated rings. The van der Waals surface area contributed by atoms with Gasteiger partial charge in [0, 0.05) is 25.0 Å². The number of amides is 1. The third kappa shape index (κ3) is 4.29. The van der Waals surface area contributed by atoms with Crippen LogP contribution in [0.4, 0.5) is 4.39 Å². The van der Waals surface area contributed by atoms with Crippen LogP contribution in [0.15, 0.2) is 28.7 Å². The van der Waals surface area contributed by atoms with Crippen molar-refractivity contribution < 1.29 is 22.0 Å². The normalized spacial score (nSPS) is 12.0. The van der Waals surface area contributed by atoms with Gasteiger partial charge in [0.05, 0.1) is 6.26 Å². The molecule has 0 aliphatic carbocycles. The van der Waals surface area contributed by atoms with E-state index in [4.69, 9.17) is 4.42 Å². The lowest BCUT2D eigenvalue weighted by atomic mass is 10.2. The van der Waals surface area contributed by atoms with Crippen LogP contribution in [0.3, 0.4) is 0 Å². The Morgan fingerprint density at radius 2 is 2.13 bits per heavy atom. The number of fused-ring (bicyclic) bond motifs is 1. The zero-order valence-corrected chi connectivity index (χ0v) is 13.8. The first-order valence-corrected chi connectivity index (χ1v) is 9.09. The second-order valence-corrected chi connectivity index (χ2v) is 7.12. The third-order valence-corrected chi connectivity index (χ3v) is 4.79. The van der Waals surface area contributed by atoms with E-state index in [1.165, 1.54) is 16.4 Å². The van der Waals surface area contributed by atoms with Crippen LogP contribution in [0.25, 0.3) is 11.0 Å². The van der Waals surface area contributed by atoms with Crippen molar-refractivity contribution in [1.29, 1.82) is 0 Å². The maximum absolute atomic E-state index is 13.5. The van der Waals surface area contributed by atoms with Crippen LogP contribution < -0.4 is 5.32 Å². The second-order valence-electron chi connectivity index (χ2n) is 5.13. The molecule has 126 valence electrons. The predicted molar refractivity (Wildman–Crippen MR) is 85.2 cm³/mol. The van der Waals surface area contributed by atoms with Gasteiger partial charge in [0.15, 0.2) is 17.2 Å². The number of rotatable bonds is 7. The number of nitrogens with zero attached hydrogens (tertiary/aromatic N) is 1. The molecule has 0 saturated carbocycles. The van der Waals surface area contributed by atoms with Crippen molar-refractivity contribution in [2.24, 2.45) is 0 Å². The van der Waals surface area contributed by atoms with E-state index in [0.29, 0.717) is 31.4 Å². The highest BCUT2D eigenvalue weighted by molar-refractivity contribution is 7.88. The fourth-order valence-electron chi connectivity index (χ4n) is 2.24. The van der Waals surface area contributed by atoms with E-state index >= 15 is 0 Å². The fraction of sp³-hybridized carbons (Fsp3) is 0.400. The molecule has 0 aliphatic heterocycles. The summed E-state index contributed by atoms with van der Waals surface area (Å²) in [6.07, 6.45) is 1.62. The average molecular weight is 342 g/mol. The Hall–Kier alpha value is -1.93. The summed E-state index contributed by atoms with van der Waals surface area (Å²) in [6, 6.07) is 5.93. The maximum Gasteiger partial charge on any atom is 0.287 e. The third-order valence-electron chi connectivity index (χ3n) is 3.41. The Kier molecular flexibility index (Phi) is 5.38. The summed E-state index contributed by atoms with van der Waals surface area (Å²) in [5, 5.41) is 3.15. The molecule has 0 atom stereocenters. The minimum Gasteiger partial charge on any atom is -0.448 e. The largest absolute Gasteiger partial charge is 0.448 e. The number of para-hydroxylation sites is 1. The summed E-state index contributed by atoms with van der Waals surface area (Å²) in [6.45, 7) is 2.76. The zero-order chi connectivity index (χ0) is 17.0. The Bertz CT molecular complexity index is 801. The zero-order valence-electron chi connectivity index (χ0n) is 13.0. The number of carbonyl (C=O) groups is 1. The van der Waals surface area contributed by atoms with Gasteiger partial charge in [-0.2, -0.15) is 0 Å². The van der Waals surface area contributed by atoms with Gasteiger partial charge in [-0.1, -0.05) is 19.1 Å². The van der Waals surface area contributed by atoms with Crippen molar-refractivity contribution in [1.82, 2.24) is 9.62 Å². The van der Waals surface area contributed by atoms with E-state index in [9.17, 15) is 17.6 Å². The van der Waals surface area contributed by atoms with Gasteiger partial charge in [-0.3, -0.25) is 4.79 Å². The summed E-state index contributed by atoms with van der Waals surface area (Å²) in [5.41, 5.74) is 0.0480. The van der Waals surface area contributed by atoms with Crippen molar-refractivity contribution in [3.8, 4) is 0 Å². The Morgan fingerprint density at radius 1 is 1.39 bits per heavy atom. The van der Waals surface area contributed by atoms with E-state index in [0.717, 1.165) is 6.26 Å². The molecule has 1 aromatic heterocycles. The monoisotopic (exact) mass is 342 g/mol. The van der Waals surface area contributed by atoms with Gasteiger partial charge < -0.3 is 9.73 Å². The van der Waals surface area contributed by atoms with Crippen molar-refractivity contribution in [3.63, 3.8) is 0 Å². The van der Waals surface area contributed by atoms with E-state index in [1.54, 1.807) is 19.1 Å². The molecule has 0 saturated heterocycles. The molecule has 2 rings (SSSR count). The number of nitrogens with one attached hydrogen (secondary N) is 1. The molecule has 1 N–H and O–H groups in total. The number of hydrogen-bond donors (Lipinski definition) is 1. The SMILES string of the molecule is CCN(CCCNC(=O)c1cc2cccc(F)c2o1)S(C)(=O)=O. The summed E-state index contributed by atoms with van der Waals surface area (Å²) in [5.74, 6) is -0.947. The fourth-order valence-corrected chi connectivity index (χ4v) is 3.17. The quantitative estimate of drug-likeness (QED) is 0.780. The molecule has 23 heavy (non-hydrogen) atoms. The molecule has 1 amide bonds. The number of sulfonamides is 1. The first kappa shape index (κ1) is 17.4. The number of benzene rings is 1. The highest BCUT2D eigenvalue weighted by Gasteiger charge is 2.16. The molecule has 1 aromatic carbocycles. The van der Waals surface area contributed by atoms with Crippen LogP contribution in [-0.2, 0) is 10.0 Å². The lowest BCUT2D eigenvalue weighted by Gasteiger charge is -2.17. The highest BCUT2D eigenvalue weighted by atomic mass is 32.2. The molecule has 1 heterocycles. The molecule has 6 nitrogen and oxygen atoms in total. The molecule has 0 bridgehead atoms. The minimum atomic E-state index is -3.23. The van der Waals surface area contributed by atoms with E-state index in [2.05, 4.69) is 5.32 Å². The van der Waals surface area contributed by atoms with Gasteiger partial charge in [-0.05, 0) is 18.6 Å². The van der Waals surface area contributed by atoms with Gasteiger partial charge >= 0.3 is 0 Å². The van der Waals surface area contributed by atoms with Gasteiger partial charge in [-0.25, -0.2) is 17.1 Å². The highest BCUT2D eigenvalue weighted by Crippen LogP contribution is 2.21. The molecular weight excluding hydrogens is 323 g/mol. The molecule has 2 aromatic rings. The first-order valence-electron chi connectivity index (χ1n) is 7.24. The van der Waals surface area contributed by atoms with Crippen molar-refractivity contribution >= 4 is 26.9 Å². The van der Waals surface area contributed by atoms with Crippen LogP contribution in [0.1, 0.15) is 23.9 Å². The number of carbonyl (C=O) groups excluding carboxylic acids is 1. The number of furan rings is 1. The van der Waals surface area contributed by atoms with Crippen LogP contribution >= 0.6 is 0 Å². The van der Waals surface area contributed by atoms with Gasteiger partial charge in [0.2, 0.25) is 10.0 Å². The van der Waals surface area contributed by atoms with Gasteiger partial charge in [0.1, 0.15) is 0 Å². The first-order chi connectivity index (χ1) is 10.8. The van der Waals surface area contributed by atoms with Crippen LogP contribution in [0.5, 0.6) is 0 Å². The number of hydrogen-bond acceptors (Lipinski definition) is 4. The van der Waals surface area contributed by atoms with Crippen LogP contribution in [0.2, 0.25) is 0 Å². The minimum absolute atomic E-state index is 0.0283. The van der Waals surface area contributed by atoms with Crippen molar-refractivity contribution in [2.75, 3.05) is 25.9 Å². The van der Waals surface area contributed by atoms with Crippen molar-refractivity contribution in [3.05, 3.63) is 35.8 Å². The van der Waals surface area contributed by atoms with E-state index < -0.39 is 21.7 Å². The molecule has 0 radical (unpaired) electrons. The van der Waals surface area contributed by atoms with Gasteiger partial charge in [0.25, 0.3) is 5.91 Å². The Morgan fingerprint density at radius 3 is 2.74 bits per heavy atom. The smallest absolute Gasteiger partial charge is 0.287 e. The Labute approximate surface area is 134 Å². The van der Waals surface area contributed by atoms with Crippen LogP contribution in [-0.4, -0.2) is 44.5 Å². The lowest BCUT2D eigenvalue weighted by Crippen LogP contribution is -2.33. The maximum atomic E-state index is 13.5. The van der Waals surface area contributed by atoms with Gasteiger partial charge in [-0.15, -0.1) is 0 Å². The van der Waals surface area contributed by atoms with Crippen molar-refractivity contribution in [2.45, 2.75) is 13.3 Å².